The summed E-state index contributed by atoms with van der Waals surface area (Å²) in [5.74, 6) is 0.844. The van der Waals surface area contributed by atoms with E-state index in [9.17, 15) is 0 Å². The summed E-state index contributed by atoms with van der Waals surface area (Å²) >= 11 is 0. The minimum absolute atomic E-state index is 0.842. The van der Waals surface area contributed by atoms with E-state index in [1.54, 1.807) is 0 Å². The third-order valence-corrected chi connectivity index (χ3v) is 10.0. The van der Waals surface area contributed by atoms with E-state index in [0.717, 1.165) is 83.2 Å². The minimum atomic E-state index is 0.842. The fraction of sp³-hybridized carbons (Fsp3) is 0. The Hall–Kier alpha value is -6.78. The van der Waals surface area contributed by atoms with Crippen molar-refractivity contribution < 1.29 is 13.3 Å². The molecule has 0 saturated heterocycles. The molecule has 11 rings (SSSR count). The van der Waals surface area contributed by atoms with Gasteiger partial charge in [0.25, 0.3) is 0 Å². The van der Waals surface area contributed by atoms with Gasteiger partial charge < -0.3 is 18.2 Å². The monoisotopic (exact) mass is 641 g/mol. The van der Waals surface area contributed by atoms with Crippen molar-refractivity contribution in [1.29, 1.82) is 0 Å². The maximum absolute atomic E-state index is 6.52. The molecule has 0 fully saturated rings. The zero-order valence-electron chi connectivity index (χ0n) is 26.8. The second kappa shape index (κ2) is 10.4. The average molecular weight is 642 g/mol. The molecule has 0 aliphatic heterocycles. The quantitative estimate of drug-likeness (QED) is 0.192. The van der Waals surface area contributed by atoms with Crippen LogP contribution in [0.3, 0.4) is 0 Å². The Balaban J connectivity index is 1.09. The minimum Gasteiger partial charge on any atom is -0.456 e. The van der Waals surface area contributed by atoms with Gasteiger partial charge in [0, 0.05) is 61.7 Å². The van der Waals surface area contributed by atoms with Crippen molar-refractivity contribution in [2.45, 2.75) is 0 Å². The lowest BCUT2D eigenvalue weighted by Gasteiger charge is -2.25. The van der Waals surface area contributed by atoms with E-state index >= 15 is 0 Å². The van der Waals surface area contributed by atoms with E-state index < -0.39 is 0 Å². The lowest BCUT2D eigenvalue weighted by atomic mass is 10.0. The second-order valence-corrected chi connectivity index (χ2v) is 12.9. The summed E-state index contributed by atoms with van der Waals surface area (Å²) in [5, 5.41) is 10.3. The van der Waals surface area contributed by atoms with Crippen molar-refractivity contribution in [2.75, 3.05) is 4.90 Å². The Morgan fingerprint density at radius 1 is 0.320 bits per heavy atom. The van der Waals surface area contributed by atoms with Crippen LogP contribution in [0.15, 0.2) is 177 Å². The van der Waals surface area contributed by atoms with E-state index in [-0.39, 0.29) is 0 Å². The van der Waals surface area contributed by atoms with Crippen molar-refractivity contribution >= 4 is 93.5 Å². The van der Waals surface area contributed by atoms with Gasteiger partial charge in [-0.1, -0.05) is 78.9 Å². The van der Waals surface area contributed by atoms with Crippen molar-refractivity contribution in [1.82, 2.24) is 0 Å². The number of hydrogen-bond donors (Lipinski definition) is 0. The van der Waals surface area contributed by atoms with E-state index in [4.69, 9.17) is 13.3 Å². The van der Waals surface area contributed by atoms with E-state index in [0.29, 0.717) is 0 Å². The third-order valence-electron chi connectivity index (χ3n) is 10.0. The molecule has 0 bridgehead atoms. The molecule has 0 saturated carbocycles. The fourth-order valence-electron chi connectivity index (χ4n) is 7.69. The van der Waals surface area contributed by atoms with Crippen molar-refractivity contribution in [3.63, 3.8) is 0 Å². The molecule has 0 amide bonds. The van der Waals surface area contributed by atoms with Gasteiger partial charge in [0.15, 0.2) is 0 Å². The number of para-hydroxylation sites is 1. The van der Waals surface area contributed by atoms with E-state index in [1.807, 2.05) is 18.2 Å². The van der Waals surface area contributed by atoms with Gasteiger partial charge in [0.05, 0.1) is 0 Å². The molecular formula is C46H27NO3. The first-order valence-electron chi connectivity index (χ1n) is 16.8. The predicted molar refractivity (Wildman–Crippen MR) is 206 cm³/mol. The largest absolute Gasteiger partial charge is 0.456 e. The summed E-state index contributed by atoms with van der Waals surface area (Å²) < 4.78 is 19.2. The molecule has 50 heavy (non-hydrogen) atoms. The zero-order chi connectivity index (χ0) is 32.8. The zero-order valence-corrected chi connectivity index (χ0v) is 26.8. The van der Waals surface area contributed by atoms with E-state index in [2.05, 4.69) is 150 Å². The standard InChI is InChI=1S/C46H27NO3/c1-4-10-35-28(7-1)15-23-40-45(35)37-21-19-33(26-43(37)49-40)47(32-17-13-30(14-18-32)42-25-31-9-3-6-12-39(31)48-42)34-20-22-38-44(27-34)50-41-24-16-29-8-2-5-11-36(29)46(38)41/h1-27H. The van der Waals surface area contributed by atoms with Crippen LogP contribution < -0.4 is 4.90 Å². The Morgan fingerprint density at radius 3 is 1.42 bits per heavy atom. The SMILES string of the molecule is c1ccc2oc(-c3ccc(N(c4ccc5c(c4)oc4ccc6ccccc6c45)c4ccc5c(c4)oc4ccc6ccccc6c45)cc3)cc2c1. The number of furan rings is 3. The molecule has 0 spiro atoms. The molecule has 0 aliphatic carbocycles. The summed E-state index contributed by atoms with van der Waals surface area (Å²) in [6, 6.07) is 57.1. The van der Waals surface area contributed by atoms with Gasteiger partial charge in [0.1, 0.15) is 33.7 Å². The van der Waals surface area contributed by atoms with Crippen LogP contribution >= 0.6 is 0 Å². The van der Waals surface area contributed by atoms with Gasteiger partial charge in [-0.3, -0.25) is 0 Å². The Morgan fingerprint density at radius 2 is 0.840 bits per heavy atom. The van der Waals surface area contributed by atoms with Crippen LogP contribution in [0.4, 0.5) is 17.1 Å². The number of rotatable bonds is 4. The third kappa shape index (κ3) is 4.06. The van der Waals surface area contributed by atoms with Crippen LogP contribution in [0.25, 0.3) is 87.7 Å². The number of anilines is 3. The molecule has 0 aliphatic rings. The highest BCUT2D eigenvalue weighted by Crippen LogP contribution is 2.43. The number of hydrogen-bond acceptors (Lipinski definition) is 4. The Bertz CT molecular complexity index is 2920. The first-order valence-corrected chi connectivity index (χ1v) is 16.8. The Labute approximate surface area is 286 Å². The van der Waals surface area contributed by atoms with Crippen LogP contribution in [0.1, 0.15) is 0 Å². The number of nitrogens with zero attached hydrogens (tertiary/aromatic N) is 1. The number of fused-ring (bicyclic) bond motifs is 11. The number of benzene rings is 8. The van der Waals surface area contributed by atoms with Gasteiger partial charge in [0.2, 0.25) is 0 Å². The van der Waals surface area contributed by atoms with Gasteiger partial charge >= 0.3 is 0 Å². The normalized spacial score (nSPS) is 12.0. The average Bonchev–Trinajstić information content (AvgIpc) is 3.88. The highest BCUT2D eigenvalue weighted by molar-refractivity contribution is 6.20. The summed E-state index contributed by atoms with van der Waals surface area (Å²) in [5.41, 5.74) is 8.32. The van der Waals surface area contributed by atoms with Gasteiger partial charge in [-0.15, -0.1) is 0 Å². The highest BCUT2D eigenvalue weighted by Gasteiger charge is 2.19. The van der Waals surface area contributed by atoms with E-state index in [1.165, 1.54) is 21.5 Å². The van der Waals surface area contributed by atoms with Crippen molar-refractivity contribution in [2.24, 2.45) is 0 Å². The van der Waals surface area contributed by atoms with Crippen LogP contribution in [-0.4, -0.2) is 0 Å². The van der Waals surface area contributed by atoms with Crippen LogP contribution in [0.5, 0.6) is 0 Å². The summed E-state index contributed by atoms with van der Waals surface area (Å²) in [7, 11) is 0. The van der Waals surface area contributed by atoms with Crippen LogP contribution in [0.2, 0.25) is 0 Å². The summed E-state index contributed by atoms with van der Waals surface area (Å²) in [6.45, 7) is 0. The molecule has 4 nitrogen and oxygen atoms in total. The second-order valence-electron chi connectivity index (χ2n) is 12.9. The smallest absolute Gasteiger partial charge is 0.137 e. The molecule has 0 N–H and O–H groups in total. The van der Waals surface area contributed by atoms with Crippen molar-refractivity contribution in [3.8, 4) is 11.3 Å². The van der Waals surface area contributed by atoms with Gasteiger partial charge in [-0.25, -0.2) is 0 Å². The molecule has 0 atom stereocenters. The highest BCUT2D eigenvalue weighted by atomic mass is 16.3. The van der Waals surface area contributed by atoms with Crippen molar-refractivity contribution in [3.05, 3.63) is 164 Å². The molecule has 0 radical (unpaired) electrons. The topological polar surface area (TPSA) is 42.7 Å². The molecule has 234 valence electrons. The molecule has 11 aromatic rings. The Kier molecular flexibility index (Phi) is 5.63. The van der Waals surface area contributed by atoms with Gasteiger partial charge in [-0.05, 0) is 94.3 Å². The first-order chi connectivity index (χ1) is 24.7. The lowest BCUT2D eigenvalue weighted by molar-refractivity contribution is 0.631. The molecule has 3 heterocycles. The molecule has 3 aromatic heterocycles. The molecule has 0 unspecified atom stereocenters. The fourth-order valence-corrected chi connectivity index (χ4v) is 7.69. The maximum atomic E-state index is 6.52. The lowest BCUT2D eigenvalue weighted by Crippen LogP contribution is -2.09. The molecule has 8 aromatic carbocycles. The summed E-state index contributed by atoms with van der Waals surface area (Å²) in [4.78, 5) is 2.26. The first kappa shape index (κ1) is 27.2. The predicted octanol–water partition coefficient (Wildman–Crippen LogP) is 13.7. The molecule has 4 heteroatoms. The van der Waals surface area contributed by atoms with Crippen LogP contribution in [-0.2, 0) is 0 Å². The van der Waals surface area contributed by atoms with Gasteiger partial charge in [-0.2, -0.15) is 0 Å². The van der Waals surface area contributed by atoms with Crippen LogP contribution in [0, 0.1) is 0 Å². The molecular weight excluding hydrogens is 615 g/mol. The summed E-state index contributed by atoms with van der Waals surface area (Å²) in [6.07, 6.45) is 0. The maximum Gasteiger partial charge on any atom is 0.137 e.